The number of esters is 1. The Morgan fingerprint density at radius 3 is 2.38 bits per heavy atom. The van der Waals surface area contributed by atoms with Crippen LogP contribution in [0.3, 0.4) is 0 Å². The van der Waals surface area contributed by atoms with E-state index in [9.17, 15) is 19.5 Å². The van der Waals surface area contributed by atoms with Gasteiger partial charge < -0.3 is 14.6 Å². The Morgan fingerprint density at radius 2 is 1.65 bits per heavy atom. The van der Waals surface area contributed by atoms with Crippen LogP contribution in [0.1, 0.15) is 45.1 Å². The van der Waals surface area contributed by atoms with Crippen LogP contribution in [0.2, 0.25) is 0 Å². The van der Waals surface area contributed by atoms with Crippen molar-refractivity contribution in [3.63, 3.8) is 0 Å². The summed E-state index contributed by atoms with van der Waals surface area (Å²) in [4.78, 5) is 39.4. The van der Waals surface area contributed by atoms with Gasteiger partial charge in [-0.2, -0.15) is 0 Å². The van der Waals surface area contributed by atoms with Crippen molar-refractivity contribution in [2.75, 3.05) is 6.54 Å². The van der Waals surface area contributed by atoms with Gasteiger partial charge in [-0.25, -0.2) is 4.79 Å². The molecule has 1 atom stereocenters. The van der Waals surface area contributed by atoms with Gasteiger partial charge in [-0.05, 0) is 55.3 Å². The highest BCUT2D eigenvalue weighted by Crippen LogP contribution is 2.57. The molecule has 3 aliphatic heterocycles. The van der Waals surface area contributed by atoms with Crippen LogP contribution in [0.25, 0.3) is 5.57 Å². The summed E-state index contributed by atoms with van der Waals surface area (Å²) in [6.07, 6.45) is 1.32. The molecule has 0 bridgehead atoms. The van der Waals surface area contributed by atoms with Gasteiger partial charge >= 0.3 is 5.97 Å². The van der Waals surface area contributed by atoms with Crippen LogP contribution in [0.4, 0.5) is 0 Å². The summed E-state index contributed by atoms with van der Waals surface area (Å²) in [6, 6.07) is 15.3. The summed E-state index contributed by atoms with van der Waals surface area (Å²) in [5.41, 5.74) is 2.52. The normalized spacial score (nSPS) is 20.0. The highest BCUT2D eigenvalue weighted by atomic mass is 16.6. The Kier molecular flexibility index (Phi) is 4.05. The van der Waals surface area contributed by atoms with Crippen molar-refractivity contribution in [2.24, 2.45) is 0 Å². The van der Waals surface area contributed by atoms with E-state index in [0.29, 0.717) is 39.3 Å². The molecule has 0 saturated heterocycles. The van der Waals surface area contributed by atoms with Gasteiger partial charge in [-0.15, -0.1) is 0 Å². The van der Waals surface area contributed by atoms with Crippen LogP contribution >= 0.6 is 0 Å². The van der Waals surface area contributed by atoms with Crippen molar-refractivity contribution in [3.8, 4) is 17.2 Å². The maximum Gasteiger partial charge on any atom is 0.340 e. The molecular formula is C27H19NO6. The van der Waals surface area contributed by atoms with Crippen LogP contribution in [-0.4, -0.2) is 34.3 Å². The summed E-state index contributed by atoms with van der Waals surface area (Å²) < 4.78 is 12.2. The number of imide groups is 1. The van der Waals surface area contributed by atoms with E-state index in [2.05, 4.69) is 0 Å². The molecule has 1 N–H and O–H groups in total. The molecule has 0 radical (unpaired) electrons. The number of fused-ring (bicyclic) bond motifs is 6. The number of carbonyl (C=O) groups excluding carboxylic acids is 3. The van der Waals surface area contributed by atoms with Crippen molar-refractivity contribution in [1.82, 2.24) is 4.90 Å². The molecule has 3 aromatic carbocycles. The van der Waals surface area contributed by atoms with Crippen LogP contribution in [0.5, 0.6) is 17.2 Å². The van der Waals surface area contributed by atoms with Gasteiger partial charge in [-0.1, -0.05) is 18.2 Å². The quantitative estimate of drug-likeness (QED) is 0.465. The van der Waals surface area contributed by atoms with Crippen LogP contribution in [0, 0.1) is 6.92 Å². The first-order valence-corrected chi connectivity index (χ1v) is 10.9. The highest BCUT2D eigenvalue weighted by molar-refractivity contribution is 6.33. The Bertz CT molecular complexity index is 1430. The van der Waals surface area contributed by atoms with Gasteiger partial charge in [0.05, 0.1) is 11.1 Å². The fourth-order valence-corrected chi connectivity index (χ4v) is 5.00. The second-order valence-corrected chi connectivity index (χ2v) is 8.56. The number of hydrogen-bond acceptors (Lipinski definition) is 6. The second-order valence-electron chi connectivity index (χ2n) is 8.56. The Hall–Kier alpha value is -4.39. The van der Waals surface area contributed by atoms with Crippen molar-refractivity contribution in [2.45, 2.75) is 19.4 Å². The molecule has 168 valence electrons. The number of phenols is 1. The number of ether oxygens (including phenoxy) is 2. The summed E-state index contributed by atoms with van der Waals surface area (Å²) in [7, 11) is 0. The van der Waals surface area contributed by atoms with E-state index in [1.165, 1.54) is 23.1 Å². The molecule has 6 rings (SSSR count). The number of amides is 2. The number of rotatable bonds is 2. The topological polar surface area (TPSA) is 93.1 Å². The number of aromatic hydroxyl groups is 1. The van der Waals surface area contributed by atoms with Crippen molar-refractivity contribution >= 4 is 23.4 Å². The first-order chi connectivity index (χ1) is 16.3. The van der Waals surface area contributed by atoms with E-state index in [-0.39, 0.29) is 29.7 Å². The van der Waals surface area contributed by atoms with E-state index < -0.39 is 11.6 Å². The number of hydrogen-bond donors (Lipinski definition) is 1. The molecule has 1 unspecified atom stereocenters. The minimum atomic E-state index is -1.33. The smallest absolute Gasteiger partial charge is 0.340 e. The first kappa shape index (κ1) is 20.2. The van der Waals surface area contributed by atoms with E-state index >= 15 is 0 Å². The van der Waals surface area contributed by atoms with Crippen molar-refractivity contribution < 1.29 is 29.0 Å². The van der Waals surface area contributed by atoms with E-state index in [0.717, 1.165) is 5.56 Å². The largest absolute Gasteiger partial charge is 0.508 e. The van der Waals surface area contributed by atoms with Crippen LogP contribution < -0.4 is 4.74 Å². The molecule has 0 fully saturated rings. The van der Waals surface area contributed by atoms with E-state index in [1.807, 2.05) is 25.1 Å². The van der Waals surface area contributed by atoms with Crippen molar-refractivity contribution in [3.05, 3.63) is 94.1 Å². The van der Waals surface area contributed by atoms with Gasteiger partial charge in [0, 0.05) is 35.4 Å². The molecule has 2 amide bonds. The summed E-state index contributed by atoms with van der Waals surface area (Å²) in [6.45, 7) is 3.94. The average Bonchev–Trinajstić information content (AvgIpc) is 3.26. The van der Waals surface area contributed by atoms with Crippen LogP contribution in [0.15, 0.2) is 60.7 Å². The fraction of sp³-hybridized carbons (Fsp3) is 0.148. The number of nitrogens with zero attached hydrogens (tertiary/aromatic N) is 1. The lowest BCUT2D eigenvalue weighted by Gasteiger charge is -2.36. The monoisotopic (exact) mass is 453 g/mol. The maximum absolute atomic E-state index is 13.1. The third-order valence-electron chi connectivity index (χ3n) is 6.58. The molecule has 3 heterocycles. The third kappa shape index (κ3) is 2.55. The van der Waals surface area contributed by atoms with Gasteiger partial charge in [0.15, 0.2) is 5.60 Å². The van der Waals surface area contributed by atoms with Gasteiger partial charge in [0.25, 0.3) is 11.8 Å². The lowest BCUT2D eigenvalue weighted by atomic mass is 9.76. The molecule has 3 aliphatic rings. The first-order valence-electron chi connectivity index (χ1n) is 10.9. The second kappa shape index (κ2) is 6.81. The Morgan fingerprint density at radius 1 is 0.912 bits per heavy atom. The number of likely N-dealkylation sites (N-methyl/N-ethyl adjacent to an activating group) is 1. The Labute approximate surface area is 194 Å². The number of aryl methyl sites for hydroxylation is 1. The van der Waals surface area contributed by atoms with E-state index in [1.54, 1.807) is 31.2 Å². The molecule has 0 aromatic heterocycles. The average molecular weight is 453 g/mol. The summed E-state index contributed by atoms with van der Waals surface area (Å²) >= 11 is 0. The molecule has 0 aliphatic carbocycles. The van der Waals surface area contributed by atoms with Gasteiger partial charge in [0.1, 0.15) is 17.2 Å². The SMILES string of the molecule is CCN1C(=O)C=C(c2ccc3c(c2)C2(OC3=O)c3ccc(C)cc3Oc3cc(O)ccc32)C1=O. The zero-order chi connectivity index (χ0) is 23.8. The molecule has 34 heavy (non-hydrogen) atoms. The predicted molar refractivity (Wildman–Crippen MR) is 121 cm³/mol. The molecule has 0 saturated carbocycles. The van der Waals surface area contributed by atoms with Crippen molar-refractivity contribution in [1.29, 1.82) is 0 Å². The molecule has 1 spiro atoms. The van der Waals surface area contributed by atoms with Crippen LogP contribution in [-0.2, 0) is 19.9 Å². The zero-order valence-electron chi connectivity index (χ0n) is 18.4. The Balaban J connectivity index is 1.63. The third-order valence-corrected chi connectivity index (χ3v) is 6.58. The van der Waals surface area contributed by atoms with Gasteiger partial charge in [-0.3, -0.25) is 14.5 Å². The lowest BCUT2D eigenvalue weighted by molar-refractivity contribution is -0.136. The molecule has 7 heteroatoms. The summed E-state index contributed by atoms with van der Waals surface area (Å²) in [5.74, 6) is -0.353. The summed E-state index contributed by atoms with van der Waals surface area (Å²) in [5, 5.41) is 10.1. The molecule has 3 aromatic rings. The molecule has 7 nitrogen and oxygen atoms in total. The standard InChI is InChI=1S/C27H19NO6/c1-3-28-24(30)13-18(25(28)31)15-5-7-17-21(11-15)27(34-26(17)32)19-8-4-14(2)10-22(19)33-23-12-16(29)6-9-20(23)27/h4-13,29H,3H2,1-2H3. The fourth-order valence-electron chi connectivity index (χ4n) is 5.00. The zero-order valence-corrected chi connectivity index (χ0v) is 18.4. The number of benzene rings is 3. The predicted octanol–water partition coefficient (Wildman–Crippen LogP) is 4.04. The lowest BCUT2D eigenvalue weighted by Crippen LogP contribution is -2.33. The number of phenolic OH excluding ortho intramolecular Hbond substituents is 1. The maximum atomic E-state index is 13.1. The molecular weight excluding hydrogens is 434 g/mol. The minimum absolute atomic E-state index is 0.0168. The van der Waals surface area contributed by atoms with Gasteiger partial charge in [0.2, 0.25) is 0 Å². The van der Waals surface area contributed by atoms with E-state index in [4.69, 9.17) is 9.47 Å². The highest BCUT2D eigenvalue weighted by Gasteiger charge is 2.54. The number of carbonyl (C=O) groups is 3. The minimum Gasteiger partial charge on any atom is -0.508 e.